The van der Waals surface area contributed by atoms with Crippen molar-refractivity contribution in [2.24, 2.45) is 0 Å². The fraction of sp³-hybridized carbons (Fsp3) is 0.138. The molecule has 6 heteroatoms. The number of ether oxygens (including phenoxy) is 1. The van der Waals surface area contributed by atoms with Crippen LogP contribution in [-0.2, 0) is 37.3 Å². The third-order valence-electron chi connectivity index (χ3n) is 14.5. The Bertz CT molecular complexity index is 3460. The molecule has 0 saturated heterocycles. The molecule has 354 valence electrons. The van der Waals surface area contributed by atoms with E-state index in [1.165, 1.54) is 33.4 Å². The molecule has 0 aliphatic carbocycles. The first kappa shape index (κ1) is 47.2. The molecular formula is C65H55N4OPt-3. The Morgan fingerprint density at radius 2 is 1.03 bits per heavy atom. The first-order valence-electron chi connectivity index (χ1n) is 24.1. The average molecular weight is 1100 g/mol. The second-order valence-corrected chi connectivity index (χ2v) is 19.9. The van der Waals surface area contributed by atoms with E-state index in [-0.39, 0.29) is 37.3 Å². The molecule has 0 fully saturated rings. The largest absolute Gasteiger partial charge is 0.509 e. The van der Waals surface area contributed by atoms with Gasteiger partial charge in [-0.25, -0.2) is 4.98 Å². The topological polar surface area (TPSA) is 33.5 Å². The van der Waals surface area contributed by atoms with Crippen LogP contribution < -0.4 is 14.5 Å². The van der Waals surface area contributed by atoms with Crippen molar-refractivity contribution in [3.63, 3.8) is 0 Å². The zero-order valence-electron chi connectivity index (χ0n) is 40.9. The van der Waals surface area contributed by atoms with E-state index in [2.05, 4.69) is 269 Å². The van der Waals surface area contributed by atoms with Gasteiger partial charge in [0.05, 0.1) is 0 Å². The summed E-state index contributed by atoms with van der Waals surface area (Å²) in [5.74, 6) is 2.00. The zero-order chi connectivity index (χ0) is 48.0. The smallest absolute Gasteiger partial charge is 0.135 e. The van der Waals surface area contributed by atoms with Crippen LogP contribution in [0.1, 0.15) is 80.5 Å². The van der Waals surface area contributed by atoms with Crippen molar-refractivity contribution in [2.75, 3.05) is 9.80 Å². The fourth-order valence-corrected chi connectivity index (χ4v) is 9.98. The quantitative estimate of drug-likeness (QED) is 0.114. The molecule has 0 unspecified atom stereocenters. The summed E-state index contributed by atoms with van der Waals surface area (Å²) in [5.41, 5.74) is 12.7. The summed E-state index contributed by atoms with van der Waals surface area (Å²) >= 11 is 0. The van der Waals surface area contributed by atoms with E-state index in [0.717, 1.165) is 50.3 Å². The number of benzene rings is 8. The maximum atomic E-state index is 6.70. The molecule has 0 bridgehead atoms. The third-order valence-corrected chi connectivity index (χ3v) is 14.5. The summed E-state index contributed by atoms with van der Waals surface area (Å²) in [4.78, 5) is 9.41. The molecule has 11 rings (SSSR count). The summed E-state index contributed by atoms with van der Waals surface area (Å²) in [7, 11) is 0. The maximum absolute atomic E-state index is 6.70. The number of rotatable bonds is 12. The van der Waals surface area contributed by atoms with Crippen LogP contribution in [0.25, 0.3) is 33.3 Å². The number of aromatic nitrogens is 2. The van der Waals surface area contributed by atoms with Crippen LogP contribution in [0.2, 0.25) is 0 Å². The van der Waals surface area contributed by atoms with Gasteiger partial charge in [0.1, 0.15) is 5.82 Å². The van der Waals surface area contributed by atoms with Crippen LogP contribution >= 0.6 is 0 Å². The summed E-state index contributed by atoms with van der Waals surface area (Å²) in [5, 5.41) is 2.20. The number of para-hydroxylation sites is 1. The molecule has 2 aromatic heterocycles. The number of hydrogen-bond acceptors (Lipinski definition) is 4. The van der Waals surface area contributed by atoms with Gasteiger partial charge in [0.25, 0.3) is 0 Å². The molecule has 1 aliphatic rings. The van der Waals surface area contributed by atoms with E-state index >= 15 is 0 Å². The molecule has 71 heavy (non-hydrogen) atoms. The van der Waals surface area contributed by atoms with Crippen LogP contribution in [0.3, 0.4) is 0 Å². The van der Waals surface area contributed by atoms with Crippen LogP contribution in [0, 0.1) is 18.8 Å². The molecule has 0 amide bonds. The van der Waals surface area contributed by atoms with Gasteiger partial charge in [-0.2, -0.15) is 12.1 Å². The molecule has 5 nitrogen and oxygen atoms in total. The van der Waals surface area contributed by atoms with Gasteiger partial charge in [0.2, 0.25) is 0 Å². The van der Waals surface area contributed by atoms with Crippen LogP contribution in [0.5, 0.6) is 11.5 Å². The van der Waals surface area contributed by atoms with Crippen molar-refractivity contribution in [1.82, 2.24) is 9.55 Å². The van der Waals surface area contributed by atoms with Crippen molar-refractivity contribution in [2.45, 2.75) is 57.8 Å². The maximum Gasteiger partial charge on any atom is 0.135 e. The van der Waals surface area contributed by atoms with Gasteiger partial charge in [-0.3, -0.25) is 0 Å². The fourth-order valence-electron chi connectivity index (χ4n) is 9.98. The van der Waals surface area contributed by atoms with E-state index < -0.39 is 0 Å². The molecule has 10 aromatic rings. The van der Waals surface area contributed by atoms with Crippen molar-refractivity contribution in [1.29, 1.82) is 0 Å². The van der Waals surface area contributed by atoms with Crippen molar-refractivity contribution in [3.8, 4) is 17.3 Å². The second kappa shape index (κ2) is 19.0. The van der Waals surface area contributed by atoms with Crippen LogP contribution in [-0.4, -0.2) is 9.55 Å². The molecule has 0 atom stereocenters. The number of hydrogen-bond donors (Lipinski definition) is 0. The van der Waals surface area contributed by atoms with E-state index in [9.17, 15) is 0 Å². The van der Waals surface area contributed by atoms with Gasteiger partial charge in [-0.15, -0.1) is 48.1 Å². The summed E-state index contributed by atoms with van der Waals surface area (Å²) in [6, 6.07) is 80.3. The second-order valence-electron chi connectivity index (χ2n) is 19.9. The molecule has 0 saturated carbocycles. The standard InChI is InChI=1S/C65H55N4O.Pt/c1-63(2,47-24-13-8-14-25-47)50-36-37-66-62(41-50)69-59-33-20-19-32-57(59)58-35-34-56(43-60(58)69)70-55-31-21-30-53(42-55)67-44-61(46-22-11-7-12-23-46)68(45-67)54-39-51(64(3,4)48-26-15-9-16-27-48)38-52(40-54)65(5,6)49-28-17-10-18-29-49;/h7-41,44-45H,1-6H3;/q-3;. The van der Waals surface area contributed by atoms with Crippen molar-refractivity contribution >= 4 is 38.9 Å². The van der Waals surface area contributed by atoms with E-state index in [1.54, 1.807) is 0 Å². The summed E-state index contributed by atoms with van der Waals surface area (Å²) in [6.07, 6.45) is 4.11. The number of pyridine rings is 1. The van der Waals surface area contributed by atoms with E-state index in [0.29, 0.717) is 11.5 Å². The zero-order valence-corrected chi connectivity index (χ0v) is 43.1. The minimum atomic E-state index is -0.275. The molecule has 0 radical (unpaired) electrons. The number of nitrogens with zero attached hydrogens (tertiary/aromatic N) is 4. The van der Waals surface area contributed by atoms with E-state index in [1.807, 2.05) is 24.4 Å². The van der Waals surface area contributed by atoms with Crippen LogP contribution in [0.4, 0.5) is 11.4 Å². The normalized spacial score (nSPS) is 13.1. The first-order valence-corrected chi connectivity index (χ1v) is 24.1. The predicted octanol–water partition coefficient (Wildman–Crippen LogP) is 16.0. The SMILES string of the molecule is CC(C)(c1ccccc1)c1cc(N2[CH-]N(c3[c-]c(Oc4[c-]c5c(cc4)c4ccccc4n5-c4cc(C(C)(C)c5ccccc5)ccn4)ccc3)C=C2c2ccccc2)cc(C(C)(C)c2ccccc2)c1.[Pt]. The Hall–Kier alpha value is -7.46. The molecule has 3 heterocycles. The van der Waals surface area contributed by atoms with E-state index in [4.69, 9.17) is 9.72 Å². The van der Waals surface area contributed by atoms with Gasteiger partial charge in [-0.1, -0.05) is 193 Å². The Morgan fingerprint density at radius 1 is 0.479 bits per heavy atom. The summed E-state index contributed by atoms with van der Waals surface area (Å²) in [6.45, 7) is 16.0. The number of anilines is 2. The molecule has 8 aromatic carbocycles. The number of fused-ring (bicyclic) bond motifs is 3. The van der Waals surface area contributed by atoms with Gasteiger partial charge < -0.3 is 19.1 Å². The Kier molecular flexibility index (Phi) is 12.7. The van der Waals surface area contributed by atoms with Crippen molar-refractivity contribution in [3.05, 3.63) is 276 Å². The third kappa shape index (κ3) is 8.89. The first-order chi connectivity index (χ1) is 33.9. The van der Waals surface area contributed by atoms with Gasteiger partial charge in [0.15, 0.2) is 0 Å². The predicted molar refractivity (Wildman–Crippen MR) is 289 cm³/mol. The molecular weight excluding hydrogens is 1050 g/mol. The Labute approximate surface area is 433 Å². The molecule has 0 N–H and O–H groups in total. The van der Waals surface area contributed by atoms with Crippen molar-refractivity contribution < 1.29 is 25.8 Å². The molecule has 1 aliphatic heterocycles. The average Bonchev–Trinajstić information content (AvgIpc) is 4.00. The Morgan fingerprint density at radius 3 is 1.65 bits per heavy atom. The van der Waals surface area contributed by atoms with Crippen LogP contribution in [0.15, 0.2) is 219 Å². The minimum absolute atomic E-state index is 0. The monoisotopic (exact) mass is 1100 g/mol. The molecule has 0 spiro atoms. The Balaban J connectivity index is 0.00000582. The van der Waals surface area contributed by atoms with Gasteiger partial charge >= 0.3 is 0 Å². The van der Waals surface area contributed by atoms with Gasteiger partial charge in [0, 0.05) is 71.9 Å². The summed E-state index contributed by atoms with van der Waals surface area (Å²) < 4.78 is 8.91. The minimum Gasteiger partial charge on any atom is -0.509 e. The van der Waals surface area contributed by atoms with Gasteiger partial charge in [-0.05, 0) is 80.9 Å².